The normalized spacial score (nSPS) is 16.1. The Morgan fingerprint density at radius 1 is 1.17 bits per heavy atom. The average Bonchev–Trinajstić information content (AvgIpc) is 3.25. The highest BCUT2D eigenvalue weighted by Crippen LogP contribution is 2.23. The van der Waals surface area contributed by atoms with Gasteiger partial charge in [0.15, 0.2) is 0 Å². The van der Waals surface area contributed by atoms with Crippen molar-refractivity contribution in [1.29, 1.82) is 0 Å². The summed E-state index contributed by atoms with van der Waals surface area (Å²) >= 11 is 7.26. The Morgan fingerprint density at radius 2 is 1.90 bits per heavy atom. The van der Waals surface area contributed by atoms with E-state index in [2.05, 4.69) is 15.4 Å². The van der Waals surface area contributed by atoms with E-state index >= 15 is 0 Å². The van der Waals surface area contributed by atoms with Crippen LogP contribution in [0.3, 0.4) is 0 Å². The van der Waals surface area contributed by atoms with Gasteiger partial charge in [-0.3, -0.25) is 9.59 Å². The minimum absolute atomic E-state index is 0.132. The molecule has 1 heterocycles. The first-order valence-corrected chi connectivity index (χ1v) is 12.5. The zero-order valence-corrected chi connectivity index (χ0v) is 18.9. The first kappa shape index (κ1) is 22.7. The summed E-state index contributed by atoms with van der Waals surface area (Å²) in [6.45, 7) is 1.45. The summed E-state index contributed by atoms with van der Waals surface area (Å²) in [4.78, 5) is 25.1. The van der Waals surface area contributed by atoms with Crippen LogP contribution in [0.1, 0.15) is 49.4 Å². The summed E-state index contributed by atoms with van der Waals surface area (Å²) in [5.74, 6) is -0.828. The minimum atomic E-state index is -3.78. The van der Waals surface area contributed by atoms with E-state index in [1.54, 1.807) is 17.5 Å². The van der Waals surface area contributed by atoms with E-state index in [1.807, 2.05) is 0 Å². The van der Waals surface area contributed by atoms with Crippen LogP contribution in [-0.4, -0.2) is 32.3 Å². The first-order chi connectivity index (χ1) is 14.3. The molecular formula is C20H24ClN3O4S2. The van der Waals surface area contributed by atoms with Gasteiger partial charge in [0, 0.05) is 11.7 Å². The van der Waals surface area contributed by atoms with E-state index in [-0.39, 0.29) is 26.7 Å². The maximum Gasteiger partial charge on any atom is 0.253 e. The molecule has 10 heteroatoms. The van der Waals surface area contributed by atoms with Crippen molar-refractivity contribution < 1.29 is 18.0 Å². The van der Waals surface area contributed by atoms with E-state index in [4.69, 9.17) is 11.6 Å². The number of nitrogens with one attached hydrogen (secondary N) is 3. The standard InChI is InChI=1S/C20H24ClN3O4S2/c1-13(24-30(27,28)18-8-5-11-29-18)19(25)23-15-9-10-17(21)16(12-15)20(26)22-14-6-3-2-4-7-14/h5,8-14,24H,2-4,6-7H2,1H3,(H,22,26)(H,23,25). The molecule has 0 saturated heterocycles. The van der Waals surface area contributed by atoms with E-state index in [1.165, 1.54) is 31.5 Å². The highest BCUT2D eigenvalue weighted by Gasteiger charge is 2.24. The number of hydrogen-bond donors (Lipinski definition) is 3. The number of anilines is 1. The third-order valence-corrected chi connectivity index (χ3v) is 8.17. The minimum Gasteiger partial charge on any atom is -0.349 e. The zero-order chi connectivity index (χ0) is 21.7. The van der Waals surface area contributed by atoms with Crippen LogP contribution in [0.4, 0.5) is 5.69 Å². The smallest absolute Gasteiger partial charge is 0.253 e. The Bertz CT molecular complexity index is 1000. The van der Waals surface area contributed by atoms with Crippen LogP contribution in [0.2, 0.25) is 5.02 Å². The molecule has 1 aromatic carbocycles. The number of halogens is 1. The summed E-state index contributed by atoms with van der Waals surface area (Å²) in [5.41, 5.74) is 0.632. The van der Waals surface area contributed by atoms with Gasteiger partial charge in [-0.05, 0) is 49.4 Å². The van der Waals surface area contributed by atoms with Gasteiger partial charge in [0.25, 0.3) is 15.9 Å². The molecular weight excluding hydrogens is 446 g/mol. The van der Waals surface area contributed by atoms with Crippen LogP contribution in [0, 0.1) is 0 Å². The maximum atomic E-state index is 12.6. The van der Waals surface area contributed by atoms with Crippen LogP contribution in [0.15, 0.2) is 39.9 Å². The van der Waals surface area contributed by atoms with Gasteiger partial charge < -0.3 is 10.6 Å². The summed E-state index contributed by atoms with van der Waals surface area (Å²) in [5, 5.41) is 7.56. The highest BCUT2D eigenvalue weighted by atomic mass is 35.5. The molecule has 2 amide bonds. The second kappa shape index (κ2) is 9.91. The Hall–Kier alpha value is -1.94. The number of thiophene rings is 1. The van der Waals surface area contributed by atoms with Crippen LogP contribution in [0.25, 0.3) is 0 Å². The SMILES string of the molecule is CC(NS(=O)(=O)c1cccs1)C(=O)Nc1ccc(Cl)c(C(=O)NC2CCCCC2)c1. The number of carbonyl (C=O) groups is 2. The number of hydrogen-bond acceptors (Lipinski definition) is 5. The molecule has 0 bridgehead atoms. The average molecular weight is 470 g/mol. The molecule has 1 fully saturated rings. The lowest BCUT2D eigenvalue weighted by Crippen LogP contribution is -2.41. The molecule has 1 atom stereocenters. The van der Waals surface area contributed by atoms with Crippen molar-refractivity contribution in [3.63, 3.8) is 0 Å². The maximum absolute atomic E-state index is 12.6. The van der Waals surface area contributed by atoms with E-state index in [0.29, 0.717) is 5.69 Å². The third kappa shape index (κ3) is 5.81. The van der Waals surface area contributed by atoms with Gasteiger partial charge in [0.05, 0.1) is 16.6 Å². The number of sulfonamides is 1. The number of benzene rings is 1. The van der Waals surface area contributed by atoms with Crippen LogP contribution in [0.5, 0.6) is 0 Å². The zero-order valence-electron chi connectivity index (χ0n) is 16.5. The molecule has 3 N–H and O–H groups in total. The Kier molecular flexibility index (Phi) is 7.51. The van der Waals surface area contributed by atoms with Crippen molar-refractivity contribution in [2.75, 3.05) is 5.32 Å². The van der Waals surface area contributed by atoms with E-state index in [9.17, 15) is 18.0 Å². The summed E-state index contributed by atoms with van der Waals surface area (Å²) in [6, 6.07) is 6.82. The van der Waals surface area contributed by atoms with Gasteiger partial charge in [-0.1, -0.05) is 36.9 Å². The molecule has 0 spiro atoms. The molecule has 0 radical (unpaired) electrons. The van der Waals surface area contributed by atoms with Crippen LogP contribution < -0.4 is 15.4 Å². The largest absolute Gasteiger partial charge is 0.349 e. The fourth-order valence-corrected chi connectivity index (χ4v) is 5.71. The molecule has 162 valence electrons. The third-order valence-electron chi connectivity index (χ3n) is 4.90. The molecule has 1 aromatic heterocycles. The van der Waals surface area contributed by atoms with E-state index in [0.717, 1.165) is 37.0 Å². The molecule has 1 unspecified atom stereocenters. The van der Waals surface area contributed by atoms with Gasteiger partial charge in [0.1, 0.15) is 4.21 Å². The van der Waals surface area contributed by atoms with Gasteiger partial charge in [-0.25, -0.2) is 8.42 Å². The molecule has 7 nitrogen and oxygen atoms in total. The molecule has 3 rings (SSSR count). The van der Waals surface area contributed by atoms with Crippen molar-refractivity contribution in [2.45, 2.75) is 55.3 Å². The lowest BCUT2D eigenvalue weighted by molar-refractivity contribution is -0.117. The summed E-state index contributed by atoms with van der Waals surface area (Å²) in [7, 11) is -3.78. The molecule has 1 aliphatic carbocycles. The quantitative estimate of drug-likeness (QED) is 0.574. The van der Waals surface area contributed by atoms with Crippen molar-refractivity contribution in [3.05, 3.63) is 46.3 Å². The Balaban J connectivity index is 1.65. The van der Waals surface area contributed by atoms with Gasteiger partial charge in [0.2, 0.25) is 5.91 Å². The molecule has 0 aliphatic heterocycles. The molecule has 1 aliphatic rings. The van der Waals surface area contributed by atoms with Gasteiger partial charge >= 0.3 is 0 Å². The van der Waals surface area contributed by atoms with Gasteiger partial charge in [-0.2, -0.15) is 4.72 Å². The topological polar surface area (TPSA) is 104 Å². The molecule has 30 heavy (non-hydrogen) atoms. The van der Waals surface area contributed by atoms with Crippen molar-refractivity contribution in [2.24, 2.45) is 0 Å². The second-order valence-corrected chi connectivity index (χ2v) is 10.6. The van der Waals surface area contributed by atoms with Crippen LogP contribution in [-0.2, 0) is 14.8 Å². The summed E-state index contributed by atoms with van der Waals surface area (Å²) in [6.07, 6.45) is 5.26. The lowest BCUT2D eigenvalue weighted by atomic mass is 9.95. The number of carbonyl (C=O) groups excluding carboxylic acids is 2. The van der Waals surface area contributed by atoms with E-state index < -0.39 is 22.0 Å². The number of amides is 2. The monoisotopic (exact) mass is 469 g/mol. The predicted molar refractivity (Wildman–Crippen MR) is 119 cm³/mol. The van der Waals surface area contributed by atoms with Crippen molar-refractivity contribution in [3.8, 4) is 0 Å². The Labute approximate surface area is 185 Å². The second-order valence-electron chi connectivity index (χ2n) is 7.27. The van der Waals surface area contributed by atoms with Gasteiger partial charge in [-0.15, -0.1) is 11.3 Å². The van der Waals surface area contributed by atoms with Crippen molar-refractivity contribution >= 4 is 50.5 Å². The van der Waals surface area contributed by atoms with Crippen molar-refractivity contribution in [1.82, 2.24) is 10.0 Å². The molecule has 1 saturated carbocycles. The Morgan fingerprint density at radius 3 is 2.57 bits per heavy atom. The highest BCUT2D eigenvalue weighted by molar-refractivity contribution is 7.91. The fourth-order valence-electron chi connectivity index (χ4n) is 3.30. The molecule has 2 aromatic rings. The summed E-state index contributed by atoms with van der Waals surface area (Å²) < 4.78 is 27.1. The van der Waals surface area contributed by atoms with Crippen LogP contribution >= 0.6 is 22.9 Å². The predicted octanol–water partition coefficient (Wildman–Crippen LogP) is 3.77. The lowest BCUT2D eigenvalue weighted by Gasteiger charge is -2.23. The first-order valence-electron chi connectivity index (χ1n) is 9.73. The number of rotatable bonds is 7. The fraction of sp³-hybridized carbons (Fsp3) is 0.400.